The molecule has 24 heavy (non-hydrogen) atoms. The minimum atomic E-state index is -0.356. The monoisotopic (exact) mass is 341 g/mol. The number of carbonyl (C=O) groups is 2. The highest BCUT2D eigenvalue weighted by atomic mass is 35.5. The van der Waals surface area contributed by atoms with Gasteiger partial charge in [-0.3, -0.25) is 14.5 Å². The largest absolute Gasteiger partial charge is 0.326 e. The van der Waals surface area contributed by atoms with Gasteiger partial charge in [-0.15, -0.1) is 12.4 Å². The zero-order valence-corrected chi connectivity index (χ0v) is 13.6. The first-order chi connectivity index (χ1) is 11.1. The van der Waals surface area contributed by atoms with Crippen molar-refractivity contribution >= 4 is 24.2 Å². The number of halogens is 1. The fourth-order valence-corrected chi connectivity index (χ4v) is 2.72. The fraction of sp³-hybridized carbons (Fsp3) is 0.167. The first-order valence-electron chi connectivity index (χ1n) is 7.30. The number of imide groups is 1. The van der Waals surface area contributed by atoms with Crippen LogP contribution < -0.4 is 5.73 Å². The van der Waals surface area contributed by atoms with Crippen LogP contribution in [0.2, 0.25) is 0 Å². The number of carbonyl (C=O) groups excluding carboxylic acids is 2. The average Bonchev–Trinajstić information content (AvgIpc) is 2.81. The first kappa shape index (κ1) is 17.7. The molecule has 1 heterocycles. The molecule has 1 aliphatic rings. The molecule has 0 spiro atoms. The number of nitrogens with two attached hydrogens (primary N) is 1. The second-order valence-electron chi connectivity index (χ2n) is 5.54. The van der Waals surface area contributed by atoms with Crippen LogP contribution in [-0.2, 0) is 6.42 Å². The van der Waals surface area contributed by atoms with Crippen LogP contribution in [0.15, 0.2) is 48.5 Å². The number of nitriles is 1. The summed E-state index contributed by atoms with van der Waals surface area (Å²) in [5.41, 5.74) is 8.52. The molecule has 6 heteroatoms. The maximum atomic E-state index is 12.3. The fourth-order valence-electron chi connectivity index (χ4n) is 2.72. The molecule has 5 nitrogen and oxygen atoms in total. The molecule has 0 radical (unpaired) electrons. The standard InChI is InChI=1S/C18H15N3O2.ClH/c19-10-13-7-5-12(6-8-13)9-14(20)11-21-17(22)15-3-1-2-4-16(15)18(21)23;/h1-8,14H,9,11,20H2;1H. The zero-order chi connectivity index (χ0) is 16.4. The van der Waals surface area contributed by atoms with Gasteiger partial charge >= 0.3 is 0 Å². The summed E-state index contributed by atoms with van der Waals surface area (Å²) in [6, 6.07) is 15.6. The average molecular weight is 342 g/mol. The van der Waals surface area contributed by atoms with E-state index in [4.69, 9.17) is 11.0 Å². The Bertz CT molecular complexity index is 777. The summed E-state index contributed by atoms with van der Waals surface area (Å²) in [5.74, 6) is -0.582. The molecule has 1 unspecified atom stereocenters. The van der Waals surface area contributed by atoms with Crippen LogP contribution >= 0.6 is 12.4 Å². The van der Waals surface area contributed by atoms with E-state index < -0.39 is 0 Å². The molecule has 0 fully saturated rings. The Hall–Kier alpha value is -2.68. The van der Waals surface area contributed by atoms with Gasteiger partial charge in [-0.2, -0.15) is 5.26 Å². The highest BCUT2D eigenvalue weighted by Crippen LogP contribution is 2.22. The Morgan fingerprint density at radius 3 is 2.04 bits per heavy atom. The molecule has 2 aromatic rings. The number of benzene rings is 2. The molecule has 0 bridgehead atoms. The molecule has 2 amide bonds. The third-order valence-electron chi connectivity index (χ3n) is 3.88. The van der Waals surface area contributed by atoms with Gasteiger partial charge in [-0.1, -0.05) is 24.3 Å². The Kier molecular flexibility index (Phi) is 5.35. The Morgan fingerprint density at radius 1 is 1.00 bits per heavy atom. The van der Waals surface area contributed by atoms with E-state index in [0.717, 1.165) is 5.56 Å². The molecule has 0 aliphatic carbocycles. The number of hydrogen-bond acceptors (Lipinski definition) is 4. The number of amides is 2. The molecular formula is C18H16ClN3O2. The van der Waals surface area contributed by atoms with Gasteiger partial charge in [0.05, 0.1) is 22.8 Å². The van der Waals surface area contributed by atoms with Gasteiger partial charge < -0.3 is 5.73 Å². The normalized spacial score (nSPS) is 13.9. The molecule has 1 atom stereocenters. The van der Waals surface area contributed by atoms with Crippen molar-refractivity contribution in [1.82, 2.24) is 4.90 Å². The van der Waals surface area contributed by atoms with Crippen LogP contribution in [0.4, 0.5) is 0 Å². The van der Waals surface area contributed by atoms with Gasteiger partial charge in [0.15, 0.2) is 0 Å². The molecular weight excluding hydrogens is 326 g/mol. The topological polar surface area (TPSA) is 87.2 Å². The van der Waals surface area contributed by atoms with Gasteiger partial charge in [-0.25, -0.2) is 0 Å². The van der Waals surface area contributed by atoms with Crippen molar-refractivity contribution in [1.29, 1.82) is 5.26 Å². The Balaban J connectivity index is 0.00000208. The van der Waals surface area contributed by atoms with Gasteiger partial charge in [0.1, 0.15) is 0 Å². The number of hydrogen-bond donors (Lipinski definition) is 1. The molecule has 122 valence electrons. The Labute approximate surface area is 146 Å². The van der Waals surface area contributed by atoms with Crippen molar-refractivity contribution in [2.45, 2.75) is 12.5 Å². The quantitative estimate of drug-likeness (QED) is 0.863. The van der Waals surface area contributed by atoms with E-state index in [-0.39, 0.29) is 36.8 Å². The van der Waals surface area contributed by atoms with Crippen LogP contribution in [0, 0.1) is 11.3 Å². The van der Waals surface area contributed by atoms with E-state index in [2.05, 4.69) is 6.07 Å². The van der Waals surface area contributed by atoms with Gasteiger partial charge in [0.2, 0.25) is 0 Å². The van der Waals surface area contributed by atoms with Gasteiger partial charge in [0.25, 0.3) is 11.8 Å². The molecule has 2 aromatic carbocycles. The second kappa shape index (κ2) is 7.26. The van der Waals surface area contributed by atoms with Crippen molar-refractivity contribution in [3.8, 4) is 6.07 Å². The lowest BCUT2D eigenvalue weighted by atomic mass is 10.0. The third-order valence-corrected chi connectivity index (χ3v) is 3.88. The van der Waals surface area contributed by atoms with Gasteiger partial charge in [0, 0.05) is 12.6 Å². The van der Waals surface area contributed by atoms with Crippen molar-refractivity contribution in [3.05, 3.63) is 70.8 Å². The van der Waals surface area contributed by atoms with Crippen molar-refractivity contribution in [3.63, 3.8) is 0 Å². The zero-order valence-electron chi connectivity index (χ0n) is 12.8. The van der Waals surface area contributed by atoms with E-state index in [9.17, 15) is 9.59 Å². The van der Waals surface area contributed by atoms with Crippen molar-refractivity contribution in [2.75, 3.05) is 6.54 Å². The smallest absolute Gasteiger partial charge is 0.261 e. The first-order valence-corrected chi connectivity index (χ1v) is 7.30. The van der Waals surface area contributed by atoms with E-state index in [1.54, 1.807) is 36.4 Å². The van der Waals surface area contributed by atoms with E-state index in [0.29, 0.717) is 23.1 Å². The summed E-state index contributed by atoms with van der Waals surface area (Å²) >= 11 is 0. The summed E-state index contributed by atoms with van der Waals surface area (Å²) < 4.78 is 0. The Morgan fingerprint density at radius 2 is 1.54 bits per heavy atom. The summed E-state index contributed by atoms with van der Waals surface area (Å²) in [7, 11) is 0. The lowest BCUT2D eigenvalue weighted by Gasteiger charge is -2.19. The second-order valence-corrected chi connectivity index (χ2v) is 5.54. The van der Waals surface area contributed by atoms with Crippen LogP contribution in [0.1, 0.15) is 31.8 Å². The molecule has 2 N–H and O–H groups in total. The molecule has 3 rings (SSSR count). The number of nitrogens with zero attached hydrogens (tertiary/aromatic N) is 2. The molecule has 0 saturated heterocycles. The minimum absolute atomic E-state index is 0. The van der Waals surface area contributed by atoms with Crippen molar-refractivity contribution < 1.29 is 9.59 Å². The summed E-state index contributed by atoms with van der Waals surface area (Å²) in [5, 5.41) is 8.79. The van der Waals surface area contributed by atoms with E-state index >= 15 is 0 Å². The highest BCUT2D eigenvalue weighted by molar-refractivity contribution is 6.21. The SMILES string of the molecule is Cl.N#Cc1ccc(CC(N)CN2C(=O)c3ccccc3C2=O)cc1. The van der Waals surface area contributed by atoms with Crippen LogP contribution in [0.3, 0.4) is 0 Å². The summed E-state index contributed by atoms with van der Waals surface area (Å²) in [6.07, 6.45) is 0.527. The van der Waals surface area contributed by atoms with E-state index in [1.165, 1.54) is 4.90 Å². The number of fused-ring (bicyclic) bond motifs is 1. The van der Waals surface area contributed by atoms with Crippen LogP contribution in [0.5, 0.6) is 0 Å². The van der Waals surface area contributed by atoms with Crippen molar-refractivity contribution in [2.24, 2.45) is 5.73 Å². The summed E-state index contributed by atoms with van der Waals surface area (Å²) in [6.45, 7) is 0.173. The van der Waals surface area contributed by atoms with E-state index in [1.807, 2.05) is 12.1 Å². The van der Waals surface area contributed by atoms with Crippen LogP contribution in [0.25, 0.3) is 0 Å². The number of rotatable bonds is 4. The maximum Gasteiger partial charge on any atom is 0.261 e. The highest BCUT2D eigenvalue weighted by Gasteiger charge is 2.35. The molecule has 1 aliphatic heterocycles. The lowest BCUT2D eigenvalue weighted by molar-refractivity contribution is 0.0644. The van der Waals surface area contributed by atoms with Crippen LogP contribution in [-0.4, -0.2) is 29.3 Å². The predicted octanol–water partition coefficient (Wildman–Crippen LogP) is 2.15. The molecule has 0 aromatic heterocycles. The molecule has 0 saturated carbocycles. The third kappa shape index (κ3) is 3.30. The van der Waals surface area contributed by atoms with Gasteiger partial charge in [-0.05, 0) is 36.2 Å². The summed E-state index contributed by atoms with van der Waals surface area (Å²) in [4.78, 5) is 25.8. The predicted molar refractivity (Wildman–Crippen MR) is 91.9 cm³/mol. The minimum Gasteiger partial charge on any atom is -0.326 e. The maximum absolute atomic E-state index is 12.3. The lowest BCUT2D eigenvalue weighted by Crippen LogP contribution is -2.41.